The Morgan fingerprint density at radius 2 is 2.26 bits per heavy atom. The maximum atomic E-state index is 11.2. The lowest BCUT2D eigenvalue weighted by atomic mass is 9.90. The van der Waals surface area contributed by atoms with Crippen molar-refractivity contribution in [2.75, 3.05) is 6.54 Å². The SMILES string of the molecule is Cc1ccc(CN2CCC[C@@H](C(=O)O)[C@H]2C)cc1Cl. The Morgan fingerprint density at radius 3 is 2.89 bits per heavy atom. The van der Waals surface area contributed by atoms with Gasteiger partial charge in [-0.3, -0.25) is 9.69 Å². The van der Waals surface area contributed by atoms with Gasteiger partial charge in [0.05, 0.1) is 5.92 Å². The van der Waals surface area contributed by atoms with Crippen LogP contribution in [-0.2, 0) is 11.3 Å². The Bertz CT molecular complexity index is 475. The second kappa shape index (κ2) is 5.93. The van der Waals surface area contributed by atoms with E-state index in [0.29, 0.717) is 0 Å². The van der Waals surface area contributed by atoms with E-state index in [-0.39, 0.29) is 12.0 Å². The molecule has 3 nitrogen and oxygen atoms in total. The topological polar surface area (TPSA) is 40.5 Å². The Kier molecular flexibility index (Phi) is 4.48. The molecule has 0 saturated carbocycles. The number of aliphatic carboxylic acids is 1. The number of hydrogen-bond donors (Lipinski definition) is 1. The van der Waals surface area contributed by atoms with Crippen LogP contribution >= 0.6 is 11.6 Å². The lowest BCUT2D eigenvalue weighted by molar-refractivity contribution is -0.145. The van der Waals surface area contributed by atoms with Crippen molar-refractivity contribution in [1.82, 2.24) is 4.90 Å². The fourth-order valence-electron chi connectivity index (χ4n) is 2.74. The highest BCUT2D eigenvalue weighted by atomic mass is 35.5. The third kappa shape index (κ3) is 3.28. The van der Waals surface area contributed by atoms with E-state index in [9.17, 15) is 9.90 Å². The van der Waals surface area contributed by atoms with E-state index in [2.05, 4.69) is 11.0 Å². The maximum absolute atomic E-state index is 11.2. The minimum absolute atomic E-state index is 0.0753. The summed E-state index contributed by atoms with van der Waals surface area (Å²) in [6.07, 6.45) is 1.72. The summed E-state index contributed by atoms with van der Waals surface area (Å²) in [4.78, 5) is 13.5. The second-order valence-electron chi connectivity index (χ2n) is 5.38. The highest BCUT2D eigenvalue weighted by molar-refractivity contribution is 6.31. The van der Waals surface area contributed by atoms with Crippen LogP contribution in [0.15, 0.2) is 18.2 Å². The number of benzene rings is 1. The van der Waals surface area contributed by atoms with Crippen LogP contribution in [0.5, 0.6) is 0 Å². The Labute approximate surface area is 119 Å². The van der Waals surface area contributed by atoms with Crippen LogP contribution in [0.3, 0.4) is 0 Å². The number of hydrogen-bond acceptors (Lipinski definition) is 2. The van der Waals surface area contributed by atoms with E-state index in [1.807, 2.05) is 26.0 Å². The van der Waals surface area contributed by atoms with Crippen molar-refractivity contribution in [1.29, 1.82) is 0 Å². The first kappa shape index (κ1) is 14.4. The number of piperidine rings is 1. The Balaban J connectivity index is 2.09. The standard InChI is InChI=1S/C15H20ClNO2/c1-10-5-6-12(8-14(10)16)9-17-7-3-4-13(11(17)2)15(18)19/h5-6,8,11,13H,3-4,7,9H2,1-2H3,(H,18,19)/t11-,13-/m1/s1. The van der Waals surface area contributed by atoms with Crippen molar-refractivity contribution >= 4 is 17.6 Å². The molecule has 0 aromatic heterocycles. The minimum atomic E-state index is -0.681. The predicted octanol–water partition coefficient (Wildman–Crippen LogP) is 3.33. The molecule has 4 heteroatoms. The Hall–Kier alpha value is -1.06. The number of halogens is 1. The van der Waals surface area contributed by atoms with Gasteiger partial charge in [0.2, 0.25) is 0 Å². The zero-order valence-electron chi connectivity index (χ0n) is 11.4. The third-order valence-corrected chi connectivity index (χ3v) is 4.47. The first-order chi connectivity index (χ1) is 8.99. The summed E-state index contributed by atoms with van der Waals surface area (Å²) in [6, 6.07) is 6.14. The van der Waals surface area contributed by atoms with Gasteiger partial charge in [-0.2, -0.15) is 0 Å². The zero-order valence-corrected chi connectivity index (χ0v) is 12.2. The molecule has 1 heterocycles. The smallest absolute Gasteiger partial charge is 0.308 e. The molecule has 2 atom stereocenters. The molecule has 0 unspecified atom stereocenters. The number of carboxylic acids is 1. The molecule has 1 N–H and O–H groups in total. The molecule has 0 spiro atoms. The average Bonchev–Trinajstić information content (AvgIpc) is 2.36. The molecule has 0 amide bonds. The van der Waals surface area contributed by atoms with Gasteiger partial charge in [0.15, 0.2) is 0 Å². The van der Waals surface area contributed by atoms with Crippen LogP contribution in [0.2, 0.25) is 5.02 Å². The largest absolute Gasteiger partial charge is 0.481 e. The normalized spacial score (nSPS) is 24.4. The number of aryl methyl sites for hydroxylation is 1. The van der Waals surface area contributed by atoms with Gasteiger partial charge >= 0.3 is 5.97 Å². The van der Waals surface area contributed by atoms with Gasteiger partial charge in [-0.15, -0.1) is 0 Å². The van der Waals surface area contributed by atoms with Gasteiger partial charge in [-0.25, -0.2) is 0 Å². The fourth-order valence-corrected chi connectivity index (χ4v) is 2.94. The molecule has 104 valence electrons. The van der Waals surface area contributed by atoms with E-state index >= 15 is 0 Å². The zero-order chi connectivity index (χ0) is 14.0. The van der Waals surface area contributed by atoms with E-state index < -0.39 is 5.97 Å². The molecule has 1 aromatic carbocycles. The number of carbonyl (C=O) groups is 1. The van der Waals surface area contributed by atoms with Gasteiger partial charge in [0.1, 0.15) is 0 Å². The number of carboxylic acid groups (broad SMARTS) is 1. The van der Waals surface area contributed by atoms with Crippen molar-refractivity contribution < 1.29 is 9.90 Å². The molecule has 19 heavy (non-hydrogen) atoms. The molecule has 0 radical (unpaired) electrons. The van der Waals surface area contributed by atoms with E-state index in [1.54, 1.807) is 0 Å². The lowest BCUT2D eigenvalue weighted by Crippen LogP contribution is -2.45. The van der Waals surface area contributed by atoms with Gasteiger partial charge in [0.25, 0.3) is 0 Å². The molecule has 0 bridgehead atoms. The van der Waals surface area contributed by atoms with Gasteiger partial charge < -0.3 is 5.11 Å². The van der Waals surface area contributed by atoms with Crippen LogP contribution in [0.25, 0.3) is 0 Å². The van der Waals surface area contributed by atoms with E-state index in [0.717, 1.165) is 42.1 Å². The summed E-state index contributed by atoms with van der Waals surface area (Å²) < 4.78 is 0. The van der Waals surface area contributed by atoms with Gasteiger partial charge in [0, 0.05) is 17.6 Å². The molecule has 1 fully saturated rings. The molecular formula is C15H20ClNO2. The fraction of sp³-hybridized carbons (Fsp3) is 0.533. The van der Waals surface area contributed by atoms with Crippen molar-refractivity contribution in [2.24, 2.45) is 5.92 Å². The molecule has 0 aliphatic carbocycles. The maximum Gasteiger partial charge on any atom is 0.308 e. The first-order valence-corrected chi connectivity index (χ1v) is 7.08. The molecular weight excluding hydrogens is 262 g/mol. The summed E-state index contributed by atoms with van der Waals surface area (Å²) in [7, 11) is 0. The third-order valence-electron chi connectivity index (χ3n) is 4.06. The van der Waals surface area contributed by atoms with E-state index in [4.69, 9.17) is 11.6 Å². The van der Waals surface area contributed by atoms with Crippen molar-refractivity contribution in [3.63, 3.8) is 0 Å². The number of rotatable bonds is 3. The monoisotopic (exact) mass is 281 g/mol. The molecule has 1 saturated heterocycles. The summed E-state index contributed by atoms with van der Waals surface area (Å²) >= 11 is 6.13. The van der Waals surface area contributed by atoms with Crippen molar-refractivity contribution in [2.45, 2.75) is 39.3 Å². The molecule has 1 aromatic rings. The Morgan fingerprint density at radius 1 is 1.53 bits per heavy atom. The minimum Gasteiger partial charge on any atom is -0.481 e. The van der Waals surface area contributed by atoms with Crippen molar-refractivity contribution in [3.05, 3.63) is 34.3 Å². The van der Waals surface area contributed by atoms with Crippen molar-refractivity contribution in [3.8, 4) is 0 Å². The van der Waals surface area contributed by atoms with Gasteiger partial charge in [-0.05, 0) is 50.4 Å². The summed E-state index contributed by atoms with van der Waals surface area (Å²) in [6.45, 7) is 5.71. The molecule has 1 aliphatic heterocycles. The van der Waals surface area contributed by atoms with Crippen LogP contribution in [0.4, 0.5) is 0 Å². The lowest BCUT2D eigenvalue weighted by Gasteiger charge is -2.37. The first-order valence-electron chi connectivity index (χ1n) is 6.71. The van der Waals surface area contributed by atoms with Crippen LogP contribution in [-0.4, -0.2) is 28.6 Å². The van der Waals surface area contributed by atoms with Gasteiger partial charge in [-0.1, -0.05) is 23.7 Å². The highest BCUT2D eigenvalue weighted by Crippen LogP contribution is 2.26. The van der Waals surface area contributed by atoms with Crippen LogP contribution in [0.1, 0.15) is 30.9 Å². The van der Waals surface area contributed by atoms with Crippen LogP contribution < -0.4 is 0 Å². The summed E-state index contributed by atoms with van der Waals surface area (Å²) in [5.74, 6) is -0.936. The summed E-state index contributed by atoms with van der Waals surface area (Å²) in [5.41, 5.74) is 2.22. The molecule has 1 aliphatic rings. The second-order valence-corrected chi connectivity index (χ2v) is 5.79. The number of likely N-dealkylation sites (tertiary alicyclic amines) is 1. The van der Waals surface area contributed by atoms with Crippen LogP contribution in [0, 0.1) is 12.8 Å². The highest BCUT2D eigenvalue weighted by Gasteiger charge is 2.32. The number of nitrogens with zero attached hydrogens (tertiary/aromatic N) is 1. The summed E-state index contributed by atoms with van der Waals surface area (Å²) in [5, 5.41) is 10.0. The average molecular weight is 282 g/mol. The quantitative estimate of drug-likeness (QED) is 0.924. The molecule has 2 rings (SSSR count). The van der Waals surface area contributed by atoms with E-state index in [1.165, 1.54) is 0 Å². The predicted molar refractivity (Wildman–Crippen MR) is 76.4 cm³/mol.